The lowest BCUT2D eigenvalue weighted by Crippen LogP contribution is -2.65. The van der Waals surface area contributed by atoms with E-state index in [-0.39, 0.29) is 46.1 Å². The van der Waals surface area contributed by atoms with Gasteiger partial charge in [0.2, 0.25) is 0 Å². The van der Waals surface area contributed by atoms with Crippen LogP contribution >= 0.6 is 0 Å². The van der Waals surface area contributed by atoms with Gasteiger partial charge in [0.1, 0.15) is 12.2 Å². The molecule has 4 rings (SSSR count). The van der Waals surface area contributed by atoms with Gasteiger partial charge in [-0.25, -0.2) is 4.79 Å². The highest BCUT2D eigenvalue weighted by atomic mass is 16.5. The largest absolute Gasteiger partial charge is 0.478 e. The molecule has 0 aromatic rings. The van der Waals surface area contributed by atoms with Crippen LogP contribution in [0.1, 0.15) is 113 Å². The number of hydrogen-bond donors (Lipinski definition) is 2. The summed E-state index contributed by atoms with van der Waals surface area (Å²) in [5.41, 5.74) is 1.42. The Balaban J connectivity index is 1.76. The molecule has 1 unspecified atom stereocenters. The number of aliphatic hydroxyl groups excluding tert-OH is 1. The molecule has 0 aliphatic heterocycles. The van der Waals surface area contributed by atoms with Crippen LogP contribution in [0.4, 0.5) is 0 Å². The number of aliphatic carboxylic acids is 1. The third-order valence-electron chi connectivity index (χ3n) is 12.1. The molecule has 4 saturated carbocycles. The van der Waals surface area contributed by atoms with Crippen LogP contribution < -0.4 is 0 Å². The van der Waals surface area contributed by atoms with E-state index in [4.69, 9.17) is 9.47 Å². The maximum absolute atomic E-state index is 12.7. The van der Waals surface area contributed by atoms with Crippen molar-refractivity contribution < 1.29 is 34.1 Å². The van der Waals surface area contributed by atoms with Gasteiger partial charge < -0.3 is 19.7 Å². The Morgan fingerprint density at radius 1 is 1.02 bits per heavy atom. The first kappa shape index (κ1) is 31.8. The minimum Gasteiger partial charge on any atom is -0.478 e. The quantitative estimate of drug-likeness (QED) is 0.200. The van der Waals surface area contributed by atoms with Crippen LogP contribution in [0.25, 0.3) is 0 Å². The molecule has 0 radical (unpaired) electrons. The van der Waals surface area contributed by atoms with E-state index in [1.807, 2.05) is 26.8 Å². The summed E-state index contributed by atoms with van der Waals surface area (Å²) in [6, 6.07) is 0. The number of carbonyl (C=O) groups is 3. The number of rotatable bonds is 7. The molecule has 0 aromatic carbocycles. The summed E-state index contributed by atoms with van der Waals surface area (Å²) in [5.74, 6) is -1.17. The second kappa shape index (κ2) is 11.5. The van der Waals surface area contributed by atoms with Crippen molar-refractivity contribution in [1.82, 2.24) is 0 Å². The van der Waals surface area contributed by atoms with Crippen molar-refractivity contribution in [2.24, 2.45) is 39.9 Å². The predicted octanol–water partition coefficient (Wildman–Crippen LogP) is 6.63. The molecule has 0 bridgehead atoms. The number of aliphatic hydroxyl groups is 1. The summed E-state index contributed by atoms with van der Waals surface area (Å²) < 4.78 is 11.8. The van der Waals surface area contributed by atoms with Gasteiger partial charge in [-0.3, -0.25) is 9.59 Å². The molecule has 4 aliphatic carbocycles. The fourth-order valence-electron chi connectivity index (χ4n) is 10.2. The minimum atomic E-state index is -0.963. The smallest absolute Gasteiger partial charge is 0.331 e. The number of ether oxygens (including phenoxy) is 2. The van der Waals surface area contributed by atoms with Crippen LogP contribution in [-0.4, -0.2) is 46.4 Å². The number of carboxylic acid groups (broad SMARTS) is 1. The van der Waals surface area contributed by atoms with Gasteiger partial charge in [-0.05, 0) is 111 Å². The Labute approximate surface area is 246 Å². The molecule has 0 heterocycles. The van der Waals surface area contributed by atoms with E-state index >= 15 is 0 Å². The van der Waals surface area contributed by atoms with E-state index in [1.165, 1.54) is 6.92 Å². The number of fused-ring (bicyclic) bond motifs is 5. The maximum Gasteiger partial charge on any atom is 0.331 e. The van der Waals surface area contributed by atoms with Crippen molar-refractivity contribution >= 4 is 17.9 Å². The van der Waals surface area contributed by atoms with Crippen LogP contribution in [0.15, 0.2) is 22.8 Å². The van der Waals surface area contributed by atoms with Crippen molar-refractivity contribution in [2.45, 2.75) is 131 Å². The molecule has 0 saturated heterocycles. The van der Waals surface area contributed by atoms with E-state index in [1.54, 1.807) is 0 Å². The molecule has 0 spiro atoms. The minimum absolute atomic E-state index is 0.0107. The fourth-order valence-corrected chi connectivity index (χ4v) is 10.2. The van der Waals surface area contributed by atoms with E-state index in [0.29, 0.717) is 49.2 Å². The number of carboxylic acids is 1. The van der Waals surface area contributed by atoms with Crippen molar-refractivity contribution in [3.05, 3.63) is 22.8 Å². The fraction of sp³-hybridized carbons (Fsp3) is 0.794. The second-order valence-electron chi connectivity index (χ2n) is 14.5. The van der Waals surface area contributed by atoms with Crippen LogP contribution in [0.2, 0.25) is 0 Å². The maximum atomic E-state index is 12.7. The van der Waals surface area contributed by atoms with Crippen molar-refractivity contribution in [1.29, 1.82) is 0 Å². The van der Waals surface area contributed by atoms with E-state index in [9.17, 15) is 24.6 Å². The molecule has 230 valence electrons. The van der Waals surface area contributed by atoms with Crippen molar-refractivity contribution in [2.75, 3.05) is 0 Å². The monoisotopic (exact) mass is 572 g/mol. The van der Waals surface area contributed by atoms with Gasteiger partial charge in [0.15, 0.2) is 0 Å². The van der Waals surface area contributed by atoms with Crippen molar-refractivity contribution in [3.63, 3.8) is 0 Å². The molecular weight excluding hydrogens is 520 g/mol. The lowest BCUT2D eigenvalue weighted by atomic mass is 9.36. The van der Waals surface area contributed by atoms with Gasteiger partial charge in [0.25, 0.3) is 0 Å². The Bertz CT molecular complexity index is 1120. The highest BCUT2D eigenvalue weighted by Gasteiger charge is 2.71. The van der Waals surface area contributed by atoms with Gasteiger partial charge in [-0.1, -0.05) is 46.3 Å². The van der Waals surface area contributed by atoms with Crippen LogP contribution in [0.5, 0.6) is 0 Å². The standard InChI is InChI=1S/C34H52O7/c1-9-28(37)41-26-14-15-32(6)23(20(26)4)13-16-33(7)30(32)25(36)17-24-29(22(31(38)39)12-10-11-19(2)3)27(40-21(5)35)18-34(24,33)8/h11,20,23-27,30,36H,9-10,12-18H2,1-8H3,(H,38,39)/t20-,23?,24+,25+,26+,27-,30+,32-,33-,34-/m0/s1. The molecule has 2 N–H and O–H groups in total. The van der Waals surface area contributed by atoms with Gasteiger partial charge in [0, 0.05) is 18.9 Å². The molecule has 10 atom stereocenters. The highest BCUT2D eigenvalue weighted by Crippen LogP contribution is 2.74. The van der Waals surface area contributed by atoms with Crippen LogP contribution in [0.3, 0.4) is 0 Å². The number of carbonyl (C=O) groups excluding carboxylic acids is 2. The number of esters is 2. The molecule has 7 nitrogen and oxygen atoms in total. The summed E-state index contributed by atoms with van der Waals surface area (Å²) in [5, 5.41) is 22.5. The Kier molecular flexibility index (Phi) is 8.91. The second-order valence-corrected chi connectivity index (χ2v) is 14.5. The Morgan fingerprint density at radius 2 is 1.71 bits per heavy atom. The zero-order valence-corrected chi connectivity index (χ0v) is 26.4. The Hall–Kier alpha value is -2.15. The molecule has 4 fully saturated rings. The average molecular weight is 573 g/mol. The molecule has 0 amide bonds. The van der Waals surface area contributed by atoms with Gasteiger partial charge in [0.05, 0.1) is 6.10 Å². The third-order valence-corrected chi connectivity index (χ3v) is 12.1. The van der Waals surface area contributed by atoms with E-state index in [0.717, 1.165) is 31.3 Å². The first-order valence-corrected chi connectivity index (χ1v) is 15.7. The summed E-state index contributed by atoms with van der Waals surface area (Å²) in [7, 11) is 0. The van der Waals surface area contributed by atoms with Gasteiger partial charge in [-0.2, -0.15) is 0 Å². The number of hydrogen-bond acceptors (Lipinski definition) is 6. The highest BCUT2D eigenvalue weighted by molar-refractivity contribution is 5.88. The zero-order valence-electron chi connectivity index (χ0n) is 26.4. The lowest BCUT2D eigenvalue weighted by molar-refractivity contribution is -0.236. The normalized spacial score (nSPS) is 42.7. The van der Waals surface area contributed by atoms with E-state index < -0.39 is 24.1 Å². The summed E-state index contributed by atoms with van der Waals surface area (Å²) in [4.78, 5) is 37.2. The molecule has 7 heteroatoms. The molecule has 0 aromatic heterocycles. The van der Waals surface area contributed by atoms with Gasteiger partial charge in [-0.15, -0.1) is 0 Å². The third kappa shape index (κ3) is 5.29. The first-order chi connectivity index (χ1) is 19.1. The average Bonchev–Trinajstić information content (AvgIpc) is 3.14. The number of allylic oxidation sites excluding steroid dienone is 2. The van der Waals surface area contributed by atoms with Crippen molar-refractivity contribution in [3.8, 4) is 0 Å². The Morgan fingerprint density at radius 3 is 2.29 bits per heavy atom. The van der Waals surface area contributed by atoms with E-state index in [2.05, 4.69) is 27.7 Å². The summed E-state index contributed by atoms with van der Waals surface area (Å²) in [6.07, 6.45) is 6.64. The van der Waals surface area contributed by atoms with Gasteiger partial charge >= 0.3 is 17.9 Å². The molecule has 41 heavy (non-hydrogen) atoms. The SMILES string of the molecule is CCC(=O)O[C@@H]1CC[C@@]2(C)C(CC[C@@]3(C)[C@@H]2[C@H](O)C[C@@H]2C(=C(CCC=C(C)C)C(=O)O)[C@@H](OC(C)=O)C[C@@]23C)[C@@H]1C. The topological polar surface area (TPSA) is 110 Å². The molecule has 4 aliphatic rings. The molecular formula is C34H52O7. The zero-order chi connectivity index (χ0) is 30.5. The van der Waals surface area contributed by atoms with Crippen LogP contribution in [0, 0.1) is 39.9 Å². The van der Waals surface area contributed by atoms with Crippen LogP contribution in [-0.2, 0) is 23.9 Å². The lowest BCUT2D eigenvalue weighted by Gasteiger charge is -2.69. The summed E-state index contributed by atoms with van der Waals surface area (Å²) in [6.45, 7) is 16.3. The summed E-state index contributed by atoms with van der Waals surface area (Å²) >= 11 is 0. The first-order valence-electron chi connectivity index (χ1n) is 15.7. The predicted molar refractivity (Wildman–Crippen MR) is 157 cm³/mol.